The van der Waals surface area contributed by atoms with Crippen LogP contribution in [0, 0.1) is 18.3 Å². The lowest BCUT2D eigenvalue weighted by molar-refractivity contribution is 0.581. The highest BCUT2D eigenvalue weighted by Gasteiger charge is 2.14. The summed E-state index contributed by atoms with van der Waals surface area (Å²) in [6.45, 7) is 2.01. The number of rotatable bonds is 4. The van der Waals surface area contributed by atoms with Gasteiger partial charge in [0.2, 0.25) is 10.0 Å². The van der Waals surface area contributed by atoms with E-state index in [2.05, 4.69) is 14.7 Å². The van der Waals surface area contributed by atoms with Crippen LogP contribution in [0.25, 0.3) is 0 Å². The molecule has 0 aromatic carbocycles. The first-order chi connectivity index (χ1) is 9.51. The fourth-order valence-corrected chi connectivity index (χ4v) is 2.43. The van der Waals surface area contributed by atoms with Gasteiger partial charge in [-0.15, -0.1) is 0 Å². The largest absolute Gasteiger partial charge is 0.261 e. The van der Waals surface area contributed by atoms with Gasteiger partial charge in [0, 0.05) is 24.6 Å². The van der Waals surface area contributed by atoms with Crippen LogP contribution in [0.4, 0.5) is 0 Å². The third kappa shape index (κ3) is 3.38. The Morgan fingerprint density at radius 2 is 2.00 bits per heavy atom. The highest BCUT2D eigenvalue weighted by Crippen LogP contribution is 2.08. The molecule has 2 rings (SSSR count). The van der Waals surface area contributed by atoms with Gasteiger partial charge in [0.1, 0.15) is 16.7 Å². The van der Waals surface area contributed by atoms with Gasteiger partial charge in [0.15, 0.2) is 0 Å². The van der Waals surface area contributed by atoms with Crippen LogP contribution in [0.2, 0.25) is 0 Å². The van der Waals surface area contributed by atoms with Gasteiger partial charge in [-0.1, -0.05) is 6.07 Å². The minimum Gasteiger partial charge on any atom is -0.261 e. The van der Waals surface area contributed by atoms with Crippen LogP contribution in [0.15, 0.2) is 41.6 Å². The number of hydrogen-bond donors (Lipinski definition) is 1. The molecule has 0 aliphatic rings. The van der Waals surface area contributed by atoms with Crippen molar-refractivity contribution in [3.8, 4) is 6.07 Å². The van der Waals surface area contributed by atoms with Crippen molar-refractivity contribution in [2.24, 2.45) is 0 Å². The van der Waals surface area contributed by atoms with Gasteiger partial charge < -0.3 is 0 Å². The van der Waals surface area contributed by atoms with Crippen LogP contribution in [-0.2, 0) is 16.6 Å². The van der Waals surface area contributed by atoms with Crippen molar-refractivity contribution in [2.75, 3.05) is 0 Å². The average Bonchev–Trinajstić information content (AvgIpc) is 2.47. The van der Waals surface area contributed by atoms with Crippen molar-refractivity contribution in [1.82, 2.24) is 14.7 Å². The normalized spacial score (nSPS) is 11.0. The second-order valence-corrected chi connectivity index (χ2v) is 5.89. The average molecular weight is 288 g/mol. The Bertz CT molecular complexity index is 731. The fourth-order valence-electron chi connectivity index (χ4n) is 1.47. The molecule has 2 aromatic rings. The van der Waals surface area contributed by atoms with Crippen LogP contribution >= 0.6 is 0 Å². The van der Waals surface area contributed by atoms with Gasteiger partial charge in [-0.05, 0) is 30.7 Å². The van der Waals surface area contributed by atoms with Gasteiger partial charge in [0.05, 0.1) is 0 Å². The molecule has 0 bridgehead atoms. The lowest BCUT2D eigenvalue weighted by atomic mass is 10.2. The number of sulfonamides is 1. The van der Waals surface area contributed by atoms with Crippen molar-refractivity contribution in [1.29, 1.82) is 5.26 Å². The first-order valence-corrected chi connectivity index (χ1v) is 7.27. The minimum absolute atomic E-state index is 0.0246. The summed E-state index contributed by atoms with van der Waals surface area (Å²) in [5.74, 6) is 0. The summed E-state index contributed by atoms with van der Waals surface area (Å²) in [6, 6.07) is 8.17. The number of aryl methyl sites for hydroxylation is 1. The molecule has 102 valence electrons. The van der Waals surface area contributed by atoms with E-state index in [-0.39, 0.29) is 17.1 Å². The Balaban J connectivity index is 2.10. The monoisotopic (exact) mass is 288 g/mol. The van der Waals surface area contributed by atoms with Gasteiger partial charge in [-0.25, -0.2) is 18.1 Å². The fraction of sp³-hybridized carbons (Fsp3) is 0.154. The second kappa shape index (κ2) is 5.77. The number of hydrogen-bond acceptors (Lipinski definition) is 5. The number of nitrogens with one attached hydrogen (secondary N) is 1. The highest BCUT2D eigenvalue weighted by molar-refractivity contribution is 7.89. The van der Waals surface area contributed by atoms with Crippen molar-refractivity contribution in [2.45, 2.75) is 18.4 Å². The SMILES string of the molecule is Cc1ccc(CNS(=O)(=O)c2ccc(C#N)nc2)cn1. The molecular formula is C13H12N4O2S. The molecule has 0 aliphatic carbocycles. The summed E-state index contributed by atoms with van der Waals surface area (Å²) in [6.07, 6.45) is 2.78. The van der Waals surface area contributed by atoms with E-state index in [0.717, 1.165) is 17.5 Å². The van der Waals surface area contributed by atoms with Crippen molar-refractivity contribution < 1.29 is 8.42 Å². The van der Waals surface area contributed by atoms with E-state index in [9.17, 15) is 8.42 Å². The standard InChI is InChI=1S/C13H12N4O2S/c1-10-2-3-11(7-15-10)8-17-20(18,19)13-5-4-12(6-14)16-9-13/h2-5,7,9,17H,8H2,1H3. The maximum Gasteiger partial charge on any atom is 0.242 e. The molecule has 0 atom stereocenters. The first-order valence-electron chi connectivity index (χ1n) is 5.78. The Morgan fingerprint density at radius 3 is 2.55 bits per heavy atom. The van der Waals surface area contributed by atoms with Crippen LogP contribution in [0.3, 0.4) is 0 Å². The summed E-state index contributed by atoms with van der Waals surface area (Å²) in [7, 11) is -3.64. The van der Waals surface area contributed by atoms with E-state index in [1.54, 1.807) is 6.20 Å². The maximum atomic E-state index is 12.0. The van der Waals surface area contributed by atoms with Crippen molar-refractivity contribution in [3.63, 3.8) is 0 Å². The zero-order chi connectivity index (χ0) is 14.6. The molecule has 0 spiro atoms. The molecular weight excluding hydrogens is 276 g/mol. The summed E-state index contributed by atoms with van der Waals surface area (Å²) >= 11 is 0. The molecule has 0 fully saturated rings. The maximum absolute atomic E-state index is 12.0. The molecule has 20 heavy (non-hydrogen) atoms. The topological polar surface area (TPSA) is 95.7 Å². The molecule has 0 unspecified atom stereocenters. The number of nitrogens with zero attached hydrogens (tertiary/aromatic N) is 3. The molecule has 0 saturated heterocycles. The van der Waals surface area contributed by atoms with E-state index in [0.29, 0.717) is 0 Å². The molecule has 0 saturated carbocycles. The molecule has 0 radical (unpaired) electrons. The van der Waals surface area contributed by atoms with E-state index in [1.165, 1.54) is 12.1 Å². The van der Waals surface area contributed by atoms with Crippen molar-refractivity contribution >= 4 is 10.0 Å². The summed E-state index contributed by atoms with van der Waals surface area (Å²) in [5, 5.41) is 8.62. The number of pyridine rings is 2. The Kier molecular flexibility index (Phi) is 4.08. The Morgan fingerprint density at radius 1 is 1.20 bits per heavy atom. The van der Waals surface area contributed by atoms with Gasteiger partial charge in [0.25, 0.3) is 0 Å². The predicted molar refractivity (Wildman–Crippen MR) is 72.0 cm³/mol. The van der Waals surface area contributed by atoms with E-state index >= 15 is 0 Å². The van der Waals surface area contributed by atoms with Gasteiger partial charge in [-0.3, -0.25) is 4.98 Å². The third-order valence-corrected chi connectivity index (χ3v) is 3.99. The van der Waals surface area contributed by atoms with Crippen LogP contribution < -0.4 is 4.72 Å². The molecule has 0 amide bonds. The van der Waals surface area contributed by atoms with Crippen molar-refractivity contribution in [3.05, 3.63) is 53.6 Å². The third-order valence-electron chi connectivity index (χ3n) is 2.60. The molecule has 2 heterocycles. The minimum atomic E-state index is -3.64. The lowest BCUT2D eigenvalue weighted by Crippen LogP contribution is -2.23. The summed E-state index contributed by atoms with van der Waals surface area (Å²) in [5.41, 5.74) is 1.81. The summed E-state index contributed by atoms with van der Waals surface area (Å²) < 4.78 is 26.5. The van der Waals surface area contributed by atoms with E-state index < -0.39 is 10.0 Å². The van der Waals surface area contributed by atoms with Crippen LogP contribution in [-0.4, -0.2) is 18.4 Å². The quantitative estimate of drug-likeness (QED) is 0.910. The second-order valence-electron chi connectivity index (χ2n) is 4.12. The van der Waals surface area contributed by atoms with Gasteiger partial charge >= 0.3 is 0 Å². The summed E-state index contributed by atoms with van der Waals surface area (Å²) in [4.78, 5) is 7.85. The molecule has 1 N–H and O–H groups in total. The highest BCUT2D eigenvalue weighted by atomic mass is 32.2. The number of nitriles is 1. The molecule has 0 aliphatic heterocycles. The number of aromatic nitrogens is 2. The smallest absolute Gasteiger partial charge is 0.242 e. The molecule has 7 heteroatoms. The zero-order valence-electron chi connectivity index (χ0n) is 10.7. The molecule has 2 aromatic heterocycles. The predicted octanol–water partition coefficient (Wildman–Crippen LogP) is 1.14. The zero-order valence-corrected chi connectivity index (χ0v) is 11.6. The lowest BCUT2D eigenvalue weighted by Gasteiger charge is -2.06. The van der Waals surface area contributed by atoms with Crippen LogP contribution in [0.1, 0.15) is 17.0 Å². The first kappa shape index (κ1) is 14.1. The van der Waals surface area contributed by atoms with Crippen LogP contribution in [0.5, 0.6) is 0 Å². The van der Waals surface area contributed by atoms with Gasteiger partial charge in [-0.2, -0.15) is 5.26 Å². The van der Waals surface area contributed by atoms with E-state index in [4.69, 9.17) is 5.26 Å². The van der Waals surface area contributed by atoms with E-state index in [1.807, 2.05) is 25.1 Å². The Labute approximate surface area is 117 Å². The Hall–Kier alpha value is -2.30. The molecule has 6 nitrogen and oxygen atoms in total.